The smallest absolute Gasteiger partial charge is 0.183 e. The predicted octanol–water partition coefficient (Wildman–Crippen LogP) is 2.37. The highest BCUT2D eigenvalue weighted by Crippen LogP contribution is 2.23. The molecule has 0 saturated carbocycles. The Morgan fingerprint density at radius 2 is 2.06 bits per heavy atom. The summed E-state index contributed by atoms with van der Waals surface area (Å²) in [5.74, 6) is -0.775. The first-order chi connectivity index (χ1) is 7.39. The molecular weight excluding hydrogens is 229 g/mol. The van der Waals surface area contributed by atoms with Crippen molar-refractivity contribution in [3.05, 3.63) is 24.0 Å². The van der Waals surface area contributed by atoms with Gasteiger partial charge in [-0.15, -0.1) is 0 Å². The number of sulfone groups is 1. The summed E-state index contributed by atoms with van der Waals surface area (Å²) < 4.78 is 37.4. The second-order valence-electron chi connectivity index (χ2n) is 3.83. The normalized spacial score (nSPS) is 13.7. The molecule has 0 saturated heterocycles. The van der Waals surface area contributed by atoms with Crippen molar-refractivity contribution in [3.8, 4) is 0 Å². The zero-order valence-electron chi connectivity index (χ0n) is 9.40. The van der Waals surface area contributed by atoms with E-state index in [0.717, 1.165) is 12.5 Å². The molecule has 16 heavy (non-hydrogen) atoms. The number of halogens is 1. The van der Waals surface area contributed by atoms with Gasteiger partial charge >= 0.3 is 0 Å². The Morgan fingerprint density at radius 3 is 2.56 bits per heavy atom. The fraction of sp³-hybridized carbons (Fsp3) is 0.455. The van der Waals surface area contributed by atoms with Gasteiger partial charge in [-0.1, -0.05) is 13.3 Å². The number of anilines is 1. The summed E-state index contributed by atoms with van der Waals surface area (Å²) in [7, 11) is -3.58. The first kappa shape index (κ1) is 13.0. The van der Waals surface area contributed by atoms with E-state index >= 15 is 0 Å². The van der Waals surface area contributed by atoms with Gasteiger partial charge in [0.1, 0.15) is 10.7 Å². The Balaban J connectivity index is 3.17. The summed E-state index contributed by atoms with van der Waals surface area (Å²) in [5, 5.41) is -0.573. The number of hydrogen-bond acceptors (Lipinski definition) is 3. The minimum absolute atomic E-state index is 0.222. The van der Waals surface area contributed by atoms with Crippen LogP contribution in [-0.2, 0) is 9.84 Å². The van der Waals surface area contributed by atoms with Crippen molar-refractivity contribution in [3.63, 3.8) is 0 Å². The van der Waals surface area contributed by atoms with Crippen LogP contribution in [0.2, 0.25) is 0 Å². The van der Waals surface area contributed by atoms with E-state index in [4.69, 9.17) is 5.73 Å². The molecule has 0 aliphatic carbocycles. The molecule has 0 bridgehead atoms. The molecule has 1 aromatic carbocycles. The van der Waals surface area contributed by atoms with Gasteiger partial charge in [0.2, 0.25) is 0 Å². The Hall–Kier alpha value is -1.10. The molecule has 0 aliphatic rings. The Labute approximate surface area is 95.4 Å². The van der Waals surface area contributed by atoms with E-state index in [1.165, 1.54) is 12.1 Å². The lowest BCUT2D eigenvalue weighted by atomic mass is 10.3. The second-order valence-corrected chi connectivity index (χ2v) is 6.17. The van der Waals surface area contributed by atoms with Gasteiger partial charge in [-0.2, -0.15) is 0 Å². The fourth-order valence-corrected chi connectivity index (χ4v) is 3.09. The minimum atomic E-state index is -3.58. The highest BCUT2D eigenvalue weighted by molar-refractivity contribution is 7.92. The van der Waals surface area contributed by atoms with Crippen LogP contribution in [0, 0.1) is 5.82 Å². The van der Waals surface area contributed by atoms with Gasteiger partial charge in [0.05, 0.1) is 5.25 Å². The quantitative estimate of drug-likeness (QED) is 0.828. The number of benzene rings is 1. The lowest BCUT2D eigenvalue weighted by Gasteiger charge is -2.12. The average molecular weight is 245 g/mol. The average Bonchev–Trinajstić information content (AvgIpc) is 2.17. The number of hydrogen-bond donors (Lipinski definition) is 1. The second kappa shape index (κ2) is 4.82. The summed E-state index contributed by atoms with van der Waals surface area (Å²) >= 11 is 0. The maximum Gasteiger partial charge on any atom is 0.183 e. The summed E-state index contributed by atoms with van der Waals surface area (Å²) in [5.41, 5.74) is 5.59. The van der Waals surface area contributed by atoms with Gasteiger partial charge in [-0.05, 0) is 31.5 Å². The third-order valence-corrected chi connectivity index (χ3v) is 4.73. The van der Waals surface area contributed by atoms with Crippen molar-refractivity contribution in [2.45, 2.75) is 36.8 Å². The molecule has 2 N–H and O–H groups in total. The molecule has 0 spiro atoms. The van der Waals surface area contributed by atoms with Gasteiger partial charge in [0, 0.05) is 5.69 Å². The first-order valence-electron chi connectivity index (χ1n) is 5.18. The molecule has 0 amide bonds. The first-order valence-corrected chi connectivity index (χ1v) is 6.73. The molecule has 0 fully saturated rings. The Morgan fingerprint density at radius 1 is 1.44 bits per heavy atom. The molecule has 5 heteroatoms. The molecule has 0 radical (unpaired) electrons. The van der Waals surface area contributed by atoms with E-state index in [-0.39, 0.29) is 10.6 Å². The molecule has 1 aromatic rings. The summed E-state index contributed by atoms with van der Waals surface area (Å²) in [6, 6.07) is 3.66. The molecule has 0 aromatic heterocycles. The summed E-state index contributed by atoms with van der Waals surface area (Å²) in [6.45, 7) is 3.49. The van der Waals surface area contributed by atoms with E-state index in [2.05, 4.69) is 0 Å². The minimum Gasteiger partial charge on any atom is -0.399 e. The van der Waals surface area contributed by atoms with E-state index in [1.807, 2.05) is 6.92 Å². The lowest BCUT2D eigenvalue weighted by Crippen LogP contribution is -2.19. The van der Waals surface area contributed by atoms with E-state index < -0.39 is 20.9 Å². The van der Waals surface area contributed by atoms with Gasteiger partial charge in [-0.3, -0.25) is 0 Å². The summed E-state index contributed by atoms with van der Waals surface area (Å²) in [4.78, 5) is -0.261. The monoisotopic (exact) mass is 245 g/mol. The molecule has 90 valence electrons. The highest BCUT2D eigenvalue weighted by Gasteiger charge is 2.25. The van der Waals surface area contributed by atoms with E-state index in [9.17, 15) is 12.8 Å². The van der Waals surface area contributed by atoms with Crippen LogP contribution >= 0.6 is 0 Å². The molecule has 0 heterocycles. The van der Waals surface area contributed by atoms with Gasteiger partial charge in [-0.25, -0.2) is 12.8 Å². The molecule has 0 aliphatic heterocycles. The maximum atomic E-state index is 13.5. The van der Waals surface area contributed by atoms with Crippen molar-refractivity contribution in [1.29, 1.82) is 0 Å². The zero-order chi connectivity index (χ0) is 12.3. The zero-order valence-corrected chi connectivity index (χ0v) is 10.2. The largest absolute Gasteiger partial charge is 0.399 e. The SMILES string of the molecule is CCCC(C)S(=O)(=O)c1ccc(N)cc1F. The van der Waals surface area contributed by atoms with Crippen molar-refractivity contribution in [2.75, 3.05) is 5.73 Å². The third kappa shape index (κ3) is 2.52. The Kier molecular flexibility index (Phi) is 3.91. The van der Waals surface area contributed by atoms with Gasteiger partial charge in [0.25, 0.3) is 0 Å². The molecule has 1 unspecified atom stereocenters. The number of rotatable bonds is 4. The molecule has 3 nitrogen and oxygen atoms in total. The van der Waals surface area contributed by atoms with Gasteiger partial charge in [0.15, 0.2) is 9.84 Å². The van der Waals surface area contributed by atoms with E-state index in [0.29, 0.717) is 6.42 Å². The van der Waals surface area contributed by atoms with Crippen LogP contribution in [0.15, 0.2) is 23.1 Å². The predicted molar refractivity (Wildman–Crippen MR) is 62.4 cm³/mol. The van der Waals surface area contributed by atoms with Crippen LogP contribution in [-0.4, -0.2) is 13.7 Å². The van der Waals surface area contributed by atoms with Crippen LogP contribution in [0.25, 0.3) is 0 Å². The molecule has 1 atom stereocenters. The fourth-order valence-electron chi connectivity index (χ4n) is 1.53. The van der Waals surface area contributed by atoms with Gasteiger partial charge < -0.3 is 5.73 Å². The molecular formula is C11H16FNO2S. The summed E-state index contributed by atoms with van der Waals surface area (Å²) in [6.07, 6.45) is 1.27. The number of nitrogen functional groups attached to an aromatic ring is 1. The standard InChI is InChI=1S/C11H16FNO2S/c1-3-4-8(2)16(14,15)11-6-5-9(13)7-10(11)12/h5-8H,3-4,13H2,1-2H3. The lowest BCUT2D eigenvalue weighted by molar-refractivity contribution is 0.554. The Bertz CT molecular complexity index is 471. The topological polar surface area (TPSA) is 60.2 Å². The maximum absolute atomic E-state index is 13.5. The van der Waals surface area contributed by atoms with Crippen molar-refractivity contribution in [2.24, 2.45) is 0 Å². The van der Waals surface area contributed by atoms with Crippen LogP contribution < -0.4 is 5.73 Å². The third-order valence-electron chi connectivity index (χ3n) is 2.49. The van der Waals surface area contributed by atoms with E-state index in [1.54, 1.807) is 6.92 Å². The van der Waals surface area contributed by atoms with Crippen LogP contribution in [0.4, 0.5) is 10.1 Å². The van der Waals surface area contributed by atoms with Crippen molar-refractivity contribution >= 4 is 15.5 Å². The van der Waals surface area contributed by atoms with Crippen molar-refractivity contribution in [1.82, 2.24) is 0 Å². The number of nitrogens with two attached hydrogens (primary N) is 1. The molecule has 1 rings (SSSR count). The van der Waals surface area contributed by atoms with Crippen LogP contribution in [0.3, 0.4) is 0 Å². The van der Waals surface area contributed by atoms with Crippen molar-refractivity contribution < 1.29 is 12.8 Å². The van der Waals surface area contributed by atoms with Crippen LogP contribution in [0.1, 0.15) is 26.7 Å². The highest BCUT2D eigenvalue weighted by atomic mass is 32.2. The van der Waals surface area contributed by atoms with Crippen LogP contribution in [0.5, 0.6) is 0 Å².